The molecule has 0 saturated heterocycles. The van der Waals surface area contributed by atoms with Gasteiger partial charge in [0.2, 0.25) is 0 Å². The van der Waals surface area contributed by atoms with Crippen LogP contribution in [0.1, 0.15) is 28.6 Å². The summed E-state index contributed by atoms with van der Waals surface area (Å²) < 4.78 is 44.5. The first-order valence-corrected chi connectivity index (χ1v) is 8.53. The van der Waals surface area contributed by atoms with Gasteiger partial charge in [-0.15, -0.1) is 0 Å². The first-order chi connectivity index (χ1) is 12.8. The van der Waals surface area contributed by atoms with Gasteiger partial charge >= 0.3 is 6.18 Å². The lowest BCUT2D eigenvalue weighted by Crippen LogP contribution is -2.12. The highest BCUT2D eigenvalue weighted by atomic mass is 35.5. The summed E-state index contributed by atoms with van der Waals surface area (Å²) >= 11 is 5.63. The first-order valence-electron chi connectivity index (χ1n) is 8.16. The summed E-state index contributed by atoms with van der Waals surface area (Å²) in [6.45, 7) is 1.97. The van der Waals surface area contributed by atoms with E-state index in [1.54, 1.807) is 12.1 Å². The molecule has 0 bridgehead atoms. The van der Waals surface area contributed by atoms with E-state index in [1.807, 2.05) is 19.1 Å². The number of rotatable bonds is 4. The molecule has 3 rings (SSSR count). The zero-order chi connectivity index (χ0) is 19.6. The van der Waals surface area contributed by atoms with Crippen molar-refractivity contribution in [3.8, 4) is 11.3 Å². The van der Waals surface area contributed by atoms with Gasteiger partial charge in [0.15, 0.2) is 5.76 Å². The number of furan rings is 1. The number of alkyl halides is 3. The maximum atomic E-state index is 13.0. The molecule has 0 unspecified atom stereocenters. The van der Waals surface area contributed by atoms with Crippen molar-refractivity contribution in [1.29, 1.82) is 0 Å². The fourth-order valence-corrected chi connectivity index (χ4v) is 2.87. The van der Waals surface area contributed by atoms with Gasteiger partial charge < -0.3 is 9.73 Å². The maximum Gasteiger partial charge on any atom is 0.417 e. The van der Waals surface area contributed by atoms with Gasteiger partial charge in [-0.1, -0.05) is 36.7 Å². The van der Waals surface area contributed by atoms with Crippen molar-refractivity contribution in [3.05, 3.63) is 76.5 Å². The SMILES string of the molecule is CCc1ccccc1NC(=O)c1ccc(-c2ccc(Cl)c(C(F)(F)F)c2)o1. The van der Waals surface area contributed by atoms with Crippen LogP contribution in [0.4, 0.5) is 18.9 Å². The molecule has 1 aromatic heterocycles. The number of aryl methyl sites for hydroxylation is 1. The number of amides is 1. The number of hydrogen-bond donors (Lipinski definition) is 1. The largest absolute Gasteiger partial charge is 0.451 e. The summed E-state index contributed by atoms with van der Waals surface area (Å²) in [4.78, 5) is 12.4. The van der Waals surface area contributed by atoms with Crippen LogP contribution in [0.3, 0.4) is 0 Å². The van der Waals surface area contributed by atoms with Crippen LogP contribution in [0.25, 0.3) is 11.3 Å². The maximum absolute atomic E-state index is 13.0. The lowest BCUT2D eigenvalue weighted by molar-refractivity contribution is -0.137. The minimum atomic E-state index is -4.58. The van der Waals surface area contributed by atoms with Crippen molar-refractivity contribution in [2.24, 2.45) is 0 Å². The molecule has 140 valence electrons. The van der Waals surface area contributed by atoms with Crippen LogP contribution in [-0.4, -0.2) is 5.91 Å². The van der Waals surface area contributed by atoms with E-state index in [1.165, 1.54) is 18.2 Å². The van der Waals surface area contributed by atoms with Crippen LogP contribution in [0, 0.1) is 0 Å². The number of hydrogen-bond acceptors (Lipinski definition) is 2. The summed E-state index contributed by atoms with van der Waals surface area (Å²) in [5.41, 5.74) is 0.847. The van der Waals surface area contributed by atoms with Gasteiger partial charge in [0, 0.05) is 11.3 Å². The zero-order valence-corrected chi connectivity index (χ0v) is 15.0. The zero-order valence-electron chi connectivity index (χ0n) is 14.2. The van der Waals surface area contributed by atoms with Gasteiger partial charge in [-0.05, 0) is 48.4 Å². The third-order valence-electron chi connectivity index (χ3n) is 4.03. The van der Waals surface area contributed by atoms with Crippen LogP contribution in [0.5, 0.6) is 0 Å². The van der Waals surface area contributed by atoms with Gasteiger partial charge in [0.1, 0.15) is 5.76 Å². The van der Waals surface area contributed by atoms with E-state index in [4.69, 9.17) is 16.0 Å². The Morgan fingerprint density at radius 1 is 1.11 bits per heavy atom. The molecule has 7 heteroatoms. The Kier molecular flexibility index (Phi) is 5.28. The average molecular weight is 394 g/mol. The highest BCUT2D eigenvalue weighted by molar-refractivity contribution is 6.31. The molecule has 0 atom stereocenters. The molecule has 0 aliphatic rings. The highest BCUT2D eigenvalue weighted by Gasteiger charge is 2.33. The second-order valence-electron chi connectivity index (χ2n) is 5.82. The van der Waals surface area contributed by atoms with Gasteiger partial charge in [0.25, 0.3) is 5.91 Å². The molecule has 2 aromatic carbocycles. The second-order valence-corrected chi connectivity index (χ2v) is 6.23. The molecule has 0 fully saturated rings. The van der Waals surface area contributed by atoms with E-state index in [9.17, 15) is 18.0 Å². The second kappa shape index (κ2) is 7.48. The van der Waals surface area contributed by atoms with Gasteiger partial charge in [0.05, 0.1) is 10.6 Å². The minimum absolute atomic E-state index is 0.000542. The van der Waals surface area contributed by atoms with Gasteiger partial charge in [-0.25, -0.2) is 0 Å². The first kappa shape index (κ1) is 19.0. The fourth-order valence-electron chi connectivity index (χ4n) is 2.65. The topological polar surface area (TPSA) is 42.2 Å². The molecule has 0 saturated carbocycles. The molecule has 0 aliphatic heterocycles. The van der Waals surface area contributed by atoms with E-state index in [-0.39, 0.29) is 17.1 Å². The van der Waals surface area contributed by atoms with E-state index in [0.717, 1.165) is 24.1 Å². The average Bonchev–Trinajstić information content (AvgIpc) is 3.12. The molecule has 27 heavy (non-hydrogen) atoms. The Morgan fingerprint density at radius 2 is 1.85 bits per heavy atom. The van der Waals surface area contributed by atoms with Crippen molar-refractivity contribution in [2.45, 2.75) is 19.5 Å². The van der Waals surface area contributed by atoms with Crippen LogP contribution >= 0.6 is 11.6 Å². The smallest absolute Gasteiger partial charge is 0.417 e. The summed E-state index contributed by atoms with van der Waals surface area (Å²) in [5, 5.41) is 2.36. The lowest BCUT2D eigenvalue weighted by Gasteiger charge is -2.10. The normalized spacial score (nSPS) is 11.4. The number of benzene rings is 2. The molecule has 3 nitrogen and oxygen atoms in total. The Bertz CT molecular complexity index is 979. The number of carbonyl (C=O) groups excluding carboxylic acids is 1. The number of para-hydroxylation sites is 1. The quantitative estimate of drug-likeness (QED) is 0.554. The monoisotopic (exact) mass is 393 g/mol. The Labute approximate surface area is 158 Å². The number of carbonyl (C=O) groups is 1. The van der Waals surface area contributed by atoms with Crippen molar-refractivity contribution in [3.63, 3.8) is 0 Å². The molecule has 0 radical (unpaired) electrons. The lowest BCUT2D eigenvalue weighted by atomic mass is 10.1. The predicted octanol–water partition coefficient (Wildman–Crippen LogP) is 6.43. The Morgan fingerprint density at radius 3 is 2.56 bits per heavy atom. The molecule has 0 aliphatic carbocycles. The van der Waals surface area contributed by atoms with Crippen molar-refractivity contribution in [1.82, 2.24) is 0 Å². The van der Waals surface area contributed by atoms with Crippen molar-refractivity contribution < 1.29 is 22.4 Å². The summed E-state index contributed by atoms with van der Waals surface area (Å²) in [6.07, 6.45) is -3.84. The Balaban J connectivity index is 1.86. The van der Waals surface area contributed by atoms with Gasteiger partial charge in [-0.2, -0.15) is 13.2 Å². The molecule has 1 heterocycles. The minimum Gasteiger partial charge on any atom is -0.451 e. The molecule has 1 N–H and O–H groups in total. The van der Waals surface area contributed by atoms with Crippen LogP contribution in [-0.2, 0) is 12.6 Å². The number of nitrogens with one attached hydrogen (secondary N) is 1. The standard InChI is InChI=1S/C20H15ClF3NO2/c1-2-12-5-3-4-6-16(12)25-19(26)18-10-9-17(27-18)13-7-8-15(21)14(11-13)20(22,23)24/h3-11H,2H2,1H3,(H,25,26). The van der Waals surface area contributed by atoms with Crippen LogP contribution in [0.2, 0.25) is 5.02 Å². The summed E-state index contributed by atoms with van der Waals surface area (Å²) in [5.74, 6) is -0.335. The van der Waals surface area contributed by atoms with E-state index >= 15 is 0 Å². The number of halogens is 4. The van der Waals surface area contributed by atoms with E-state index in [0.29, 0.717) is 5.69 Å². The fraction of sp³-hybridized carbons (Fsp3) is 0.150. The summed E-state index contributed by atoms with van der Waals surface area (Å²) in [7, 11) is 0. The van der Waals surface area contributed by atoms with Crippen LogP contribution < -0.4 is 5.32 Å². The van der Waals surface area contributed by atoms with E-state index in [2.05, 4.69) is 5.32 Å². The third-order valence-corrected chi connectivity index (χ3v) is 4.36. The third kappa shape index (κ3) is 4.17. The van der Waals surface area contributed by atoms with Crippen molar-refractivity contribution >= 4 is 23.2 Å². The highest BCUT2D eigenvalue weighted by Crippen LogP contribution is 2.37. The predicted molar refractivity (Wildman–Crippen MR) is 97.9 cm³/mol. The molecular formula is C20H15ClF3NO2. The Hall–Kier alpha value is -2.73. The van der Waals surface area contributed by atoms with Crippen molar-refractivity contribution in [2.75, 3.05) is 5.32 Å². The molecular weight excluding hydrogens is 379 g/mol. The molecule has 0 spiro atoms. The van der Waals surface area contributed by atoms with E-state index < -0.39 is 22.7 Å². The summed E-state index contributed by atoms with van der Waals surface area (Å²) in [6, 6.07) is 13.7. The molecule has 3 aromatic rings. The number of anilines is 1. The van der Waals surface area contributed by atoms with Gasteiger partial charge in [-0.3, -0.25) is 4.79 Å². The van der Waals surface area contributed by atoms with Crippen LogP contribution in [0.15, 0.2) is 59.0 Å². The molecule has 1 amide bonds.